The summed E-state index contributed by atoms with van der Waals surface area (Å²) in [5, 5.41) is 12.9. The normalized spacial score (nSPS) is 11.8. The van der Waals surface area contributed by atoms with Crippen molar-refractivity contribution >= 4 is 57.7 Å². The van der Waals surface area contributed by atoms with Crippen molar-refractivity contribution in [1.82, 2.24) is 5.16 Å². The molecule has 142 valence electrons. The van der Waals surface area contributed by atoms with Gasteiger partial charge in [0.2, 0.25) is 3.79 Å². The molecule has 1 aromatic heterocycles. The van der Waals surface area contributed by atoms with E-state index in [1.165, 1.54) is 0 Å². The van der Waals surface area contributed by atoms with Crippen molar-refractivity contribution in [3.8, 4) is 11.1 Å². The monoisotopic (exact) mass is 438 g/mol. The molecular formula is C16H8Cl3F3N2O3. The Morgan fingerprint density at radius 3 is 2.37 bits per heavy atom. The highest BCUT2D eigenvalue weighted by Crippen LogP contribution is 2.40. The van der Waals surface area contributed by atoms with Gasteiger partial charge in [-0.25, -0.2) is 18.0 Å². The van der Waals surface area contributed by atoms with Gasteiger partial charge >= 0.3 is 6.09 Å². The molecule has 0 aliphatic rings. The SMILES string of the molecule is O=C(O)N(CC(Cl)(Cl)Cl)c1noc2cc(F)cc(-c3c(F)cccc3F)c12. The Labute approximate surface area is 164 Å². The number of anilines is 1. The molecule has 5 nitrogen and oxygen atoms in total. The Balaban J connectivity index is 2.33. The van der Waals surface area contributed by atoms with E-state index >= 15 is 0 Å². The number of benzene rings is 2. The van der Waals surface area contributed by atoms with Crippen LogP contribution in [0, 0.1) is 17.5 Å². The lowest BCUT2D eigenvalue weighted by atomic mass is 10.00. The Morgan fingerprint density at radius 1 is 1.19 bits per heavy atom. The van der Waals surface area contributed by atoms with Gasteiger partial charge in [-0.15, -0.1) is 0 Å². The van der Waals surface area contributed by atoms with Crippen LogP contribution in [0.4, 0.5) is 23.8 Å². The third-order valence-electron chi connectivity index (χ3n) is 3.58. The summed E-state index contributed by atoms with van der Waals surface area (Å²) in [5.74, 6) is -3.25. The minimum Gasteiger partial charge on any atom is -0.465 e. The van der Waals surface area contributed by atoms with Crippen LogP contribution in [-0.4, -0.2) is 26.7 Å². The molecule has 0 unspecified atom stereocenters. The highest BCUT2D eigenvalue weighted by atomic mass is 35.6. The first kappa shape index (κ1) is 19.6. The third kappa shape index (κ3) is 3.92. The predicted octanol–water partition coefficient (Wildman–Crippen LogP) is 5.77. The maximum atomic E-state index is 14.3. The van der Waals surface area contributed by atoms with E-state index in [-0.39, 0.29) is 16.5 Å². The zero-order valence-corrected chi connectivity index (χ0v) is 15.3. The molecule has 1 N–H and O–H groups in total. The molecule has 11 heteroatoms. The fourth-order valence-corrected chi connectivity index (χ4v) is 2.93. The average Bonchev–Trinajstić information content (AvgIpc) is 2.94. The van der Waals surface area contributed by atoms with Gasteiger partial charge in [-0.2, -0.15) is 0 Å². The van der Waals surface area contributed by atoms with Crippen molar-refractivity contribution in [1.29, 1.82) is 0 Å². The van der Waals surface area contributed by atoms with Gasteiger partial charge in [0, 0.05) is 11.6 Å². The second-order valence-electron chi connectivity index (χ2n) is 5.41. The van der Waals surface area contributed by atoms with Crippen LogP contribution in [0.2, 0.25) is 0 Å². The van der Waals surface area contributed by atoms with Gasteiger partial charge in [0.15, 0.2) is 11.4 Å². The number of fused-ring (bicyclic) bond motifs is 1. The molecule has 0 saturated carbocycles. The van der Waals surface area contributed by atoms with Crippen molar-refractivity contribution in [2.45, 2.75) is 3.79 Å². The van der Waals surface area contributed by atoms with Crippen LogP contribution < -0.4 is 4.90 Å². The van der Waals surface area contributed by atoms with Gasteiger partial charge in [-0.05, 0) is 18.2 Å². The number of halogens is 6. The number of hydrogen-bond donors (Lipinski definition) is 1. The number of rotatable bonds is 3. The van der Waals surface area contributed by atoms with E-state index in [4.69, 9.17) is 39.3 Å². The Kier molecular flexibility index (Phi) is 5.16. The van der Waals surface area contributed by atoms with Gasteiger partial charge in [0.05, 0.1) is 17.5 Å². The van der Waals surface area contributed by atoms with Crippen LogP contribution in [0.25, 0.3) is 22.1 Å². The fourth-order valence-electron chi connectivity index (χ4n) is 2.57. The summed E-state index contributed by atoms with van der Waals surface area (Å²) in [7, 11) is 0. The van der Waals surface area contributed by atoms with Gasteiger partial charge in [-0.3, -0.25) is 4.90 Å². The minimum absolute atomic E-state index is 0.156. The van der Waals surface area contributed by atoms with E-state index in [9.17, 15) is 23.1 Å². The van der Waals surface area contributed by atoms with Crippen molar-refractivity contribution in [3.63, 3.8) is 0 Å². The van der Waals surface area contributed by atoms with Gasteiger partial charge < -0.3 is 9.63 Å². The van der Waals surface area contributed by atoms with E-state index in [2.05, 4.69) is 5.16 Å². The smallest absolute Gasteiger partial charge is 0.413 e. The van der Waals surface area contributed by atoms with Crippen LogP contribution in [0.15, 0.2) is 34.9 Å². The number of amides is 1. The van der Waals surface area contributed by atoms with Crippen LogP contribution in [-0.2, 0) is 0 Å². The van der Waals surface area contributed by atoms with E-state index in [0.29, 0.717) is 4.90 Å². The standard InChI is InChI=1S/C16H8Cl3F3N2O3/c17-16(18,19)6-24(15(25)26)14-13-8(4-7(20)5-11(13)27-23-14)12-9(21)2-1-3-10(12)22/h1-5H,6H2,(H,25,26). The number of nitrogens with zero attached hydrogens (tertiary/aromatic N) is 2. The zero-order chi connectivity index (χ0) is 19.9. The molecule has 0 spiro atoms. The molecule has 0 aliphatic carbocycles. The molecule has 0 bridgehead atoms. The summed E-state index contributed by atoms with van der Waals surface area (Å²) in [4.78, 5) is 12.1. The molecule has 0 fully saturated rings. The molecule has 1 heterocycles. The van der Waals surface area contributed by atoms with Crippen LogP contribution in [0.1, 0.15) is 0 Å². The lowest BCUT2D eigenvalue weighted by Crippen LogP contribution is -2.37. The van der Waals surface area contributed by atoms with Crippen molar-refractivity contribution < 1.29 is 27.6 Å². The molecule has 2 aromatic carbocycles. The molecular weight excluding hydrogens is 432 g/mol. The van der Waals surface area contributed by atoms with E-state index < -0.39 is 45.3 Å². The summed E-state index contributed by atoms with van der Waals surface area (Å²) in [5.41, 5.74) is -1.11. The summed E-state index contributed by atoms with van der Waals surface area (Å²) in [6, 6.07) is 4.80. The Bertz CT molecular complexity index is 1020. The maximum Gasteiger partial charge on any atom is 0.413 e. The fraction of sp³-hybridized carbons (Fsp3) is 0.125. The molecule has 27 heavy (non-hydrogen) atoms. The number of hydrogen-bond acceptors (Lipinski definition) is 3. The lowest BCUT2D eigenvalue weighted by Gasteiger charge is -2.21. The van der Waals surface area contributed by atoms with Crippen LogP contribution >= 0.6 is 34.8 Å². The Morgan fingerprint density at radius 2 is 1.81 bits per heavy atom. The first-order chi connectivity index (χ1) is 12.6. The van der Waals surface area contributed by atoms with Gasteiger partial charge in [0.25, 0.3) is 0 Å². The third-order valence-corrected chi connectivity index (χ3v) is 3.94. The van der Waals surface area contributed by atoms with E-state index in [0.717, 1.165) is 30.3 Å². The molecule has 0 saturated heterocycles. The summed E-state index contributed by atoms with van der Waals surface area (Å²) in [6.45, 7) is -0.662. The second-order valence-corrected chi connectivity index (χ2v) is 7.93. The quantitative estimate of drug-likeness (QED) is 0.526. The molecule has 3 aromatic rings. The van der Waals surface area contributed by atoms with E-state index in [1.54, 1.807) is 0 Å². The highest BCUT2D eigenvalue weighted by Gasteiger charge is 2.32. The van der Waals surface area contributed by atoms with Gasteiger partial charge in [-0.1, -0.05) is 46.0 Å². The predicted molar refractivity (Wildman–Crippen MR) is 95.0 cm³/mol. The van der Waals surface area contributed by atoms with Gasteiger partial charge in [0.1, 0.15) is 17.5 Å². The molecule has 0 aliphatic heterocycles. The second kappa shape index (κ2) is 7.10. The minimum atomic E-state index is -2.02. The van der Waals surface area contributed by atoms with E-state index in [1.807, 2.05) is 0 Å². The number of aromatic nitrogens is 1. The number of carboxylic acid groups (broad SMARTS) is 1. The molecule has 0 radical (unpaired) electrons. The van der Waals surface area contributed by atoms with Crippen molar-refractivity contribution in [3.05, 3.63) is 47.8 Å². The largest absolute Gasteiger partial charge is 0.465 e. The van der Waals surface area contributed by atoms with Crippen LogP contribution in [0.5, 0.6) is 0 Å². The zero-order valence-electron chi connectivity index (χ0n) is 13.0. The van der Waals surface area contributed by atoms with Crippen molar-refractivity contribution in [2.75, 3.05) is 11.4 Å². The lowest BCUT2D eigenvalue weighted by molar-refractivity contribution is 0.201. The highest BCUT2D eigenvalue weighted by molar-refractivity contribution is 6.68. The van der Waals surface area contributed by atoms with Crippen LogP contribution in [0.3, 0.4) is 0 Å². The molecule has 3 rings (SSSR count). The maximum absolute atomic E-state index is 14.3. The van der Waals surface area contributed by atoms with Crippen molar-refractivity contribution in [2.24, 2.45) is 0 Å². The molecule has 1 amide bonds. The topological polar surface area (TPSA) is 66.6 Å². The Hall–Kier alpha value is -2.16. The number of carbonyl (C=O) groups is 1. The molecule has 0 atom stereocenters. The first-order valence-electron chi connectivity index (χ1n) is 7.19. The number of alkyl halides is 3. The summed E-state index contributed by atoms with van der Waals surface area (Å²) < 4.78 is 45.4. The summed E-state index contributed by atoms with van der Waals surface area (Å²) in [6.07, 6.45) is -1.57. The average molecular weight is 440 g/mol. The first-order valence-corrected chi connectivity index (χ1v) is 8.32. The summed E-state index contributed by atoms with van der Waals surface area (Å²) >= 11 is 17.0.